The third kappa shape index (κ3) is 3.94. The van der Waals surface area contributed by atoms with Gasteiger partial charge in [0.15, 0.2) is 0 Å². The quantitative estimate of drug-likeness (QED) is 0.833. The third-order valence-electron chi connectivity index (χ3n) is 4.68. The summed E-state index contributed by atoms with van der Waals surface area (Å²) in [6, 6.07) is 6.96. The third-order valence-corrected chi connectivity index (χ3v) is 4.68. The van der Waals surface area contributed by atoms with Crippen LogP contribution in [0.1, 0.15) is 38.4 Å². The molecule has 1 saturated heterocycles. The van der Waals surface area contributed by atoms with Crippen molar-refractivity contribution in [1.29, 1.82) is 0 Å². The smallest absolute Gasteiger partial charge is 0.248 e. The Hall–Kier alpha value is -1.92. The summed E-state index contributed by atoms with van der Waals surface area (Å²) in [4.78, 5) is 25.3. The minimum absolute atomic E-state index is 0.00480. The highest BCUT2D eigenvalue weighted by Gasteiger charge is 2.34. The maximum atomic E-state index is 12.1. The lowest BCUT2D eigenvalue weighted by Crippen LogP contribution is -2.50. The molecule has 0 aliphatic carbocycles. The minimum Gasteiger partial charge on any atom is -0.394 e. The molecular formula is C18H26N2O4. The molecular weight excluding hydrogens is 308 g/mol. The second-order valence-corrected chi connectivity index (χ2v) is 6.11. The van der Waals surface area contributed by atoms with Crippen LogP contribution >= 0.6 is 0 Å². The zero-order valence-corrected chi connectivity index (χ0v) is 14.5. The van der Waals surface area contributed by atoms with E-state index in [0.29, 0.717) is 0 Å². The highest BCUT2D eigenvalue weighted by Crippen LogP contribution is 2.29. The van der Waals surface area contributed by atoms with Crippen LogP contribution in [0.5, 0.6) is 0 Å². The van der Waals surface area contributed by atoms with Crippen molar-refractivity contribution in [2.24, 2.45) is 5.92 Å². The van der Waals surface area contributed by atoms with Gasteiger partial charge in [-0.15, -0.1) is 0 Å². The van der Waals surface area contributed by atoms with Gasteiger partial charge >= 0.3 is 0 Å². The first-order chi connectivity index (χ1) is 11.5. The molecule has 0 radical (unpaired) electrons. The lowest BCUT2D eigenvalue weighted by molar-refractivity contribution is -0.157. The van der Waals surface area contributed by atoms with Crippen LogP contribution in [0.2, 0.25) is 0 Å². The largest absolute Gasteiger partial charge is 0.394 e. The zero-order chi connectivity index (χ0) is 17.7. The number of ether oxygens (including phenoxy) is 1. The van der Waals surface area contributed by atoms with Crippen molar-refractivity contribution < 1.29 is 19.4 Å². The molecule has 2 N–H and O–H groups in total. The van der Waals surface area contributed by atoms with E-state index in [1.165, 1.54) is 4.90 Å². The molecule has 1 aromatic rings. The average molecular weight is 334 g/mol. The van der Waals surface area contributed by atoms with Crippen molar-refractivity contribution in [1.82, 2.24) is 4.90 Å². The van der Waals surface area contributed by atoms with Crippen LogP contribution in [-0.4, -0.2) is 48.1 Å². The van der Waals surface area contributed by atoms with Gasteiger partial charge in [0.05, 0.1) is 12.6 Å². The Labute approximate surface area is 142 Å². The van der Waals surface area contributed by atoms with Gasteiger partial charge in [0.25, 0.3) is 0 Å². The lowest BCUT2D eigenvalue weighted by atomic mass is 9.99. The molecule has 0 bridgehead atoms. The Kier molecular flexibility index (Phi) is 6.34. The van der Waals surface area contributed by atoms with E-state index in [4.69, 9.17) is 4.74 Å². The maximum absolute atomic E-state index is 12.1. The molecule has 1 aliphatic rings. The number of nitrogens with one attached hydrogen (secondary N) is 1. The fourth-order valence-electron chi connectivity index (χ4n) is 2.96. The molecule has 1 aliphatic heterocycles. The molecule has 0 unspecified atom stereocenters. The Balaban J connectivity index is 2.08. The summed E-state index contributed by atoms with van der Waals surface area (Å²) in [6.07, 6.45) is 1.26. The van der Waals surface area contributed by atoms with Gasteiger partial charge in [-0.25, -0.2) is 0 Å². The van der Waals surface area contributed by atoms with E-state index in [1.54, 1.807) is 7.05 Å². The van der Waals surface area contributed by atoms with E-state index in [0.717, 1.165) is 24.1 Å². The number of aliphatic hydroxyl groups excluding tert-OH is 1. The van der Waals surface area contributed by atoms with E-state index < -0.39 is 6.04 Å². The van der Waals surface area contributed by atoms with Gasteiger partial charge in [-0.2, -0.15) is 0 Å². The number of anilines is 1. The number of benzene rings is 1. The first-order valence-corrected chi connectivity index (χ1v) is 8.40. The van der Waals surface area contributed by atoms with Crippen LogP contribution in [0.3, 0.4) is 0 Å². The van der Waals surface area contributed by atoms with Crippen molar-refractivity contribution >= 4 is 17.5 Å². The van der Waals surface area contributed by atoms with Crippen LogP contribution < -0.4 is 5.32 Å². The summed E-state index contributed by atoms with van der Waals surface area (Å²) in [6.45, 7) is 3.85. The van der Waals surface area contributed by atoms with Crippen molar-refractivity contribution in [2.75, 3.05) is 25.6 Å². The Morgan fingerprint density at radius 2 is 1.96 bits per heavy atom. The Bertz CT molecular complexity index is 569. The summed E-state index contributed by atoms with van der Waals surface area (Å²) in [7, 11) is 1.67. The molecule has 6 heteroatoms. The number of likely N-dealkylation sites (N-methyl/N-ethyl adjacent to an activating group) is 1. The van der Waals surface area contributed by atoms with Crippen LogP contribution in [0.15, 0.2) is 24.3 Å². The van der Waals surface area contributed by atoms with Gasteiger partial charge in [0, 0.05) is 18.7 Å². The minimum atomic E-state index is -0.406. The average Bonchev–Trinajstić information content (AvgIpc) is 2.59. The van der Waals surface area contributed by atoms with E-state index in [-0.39, 0.29) is 37.0 Å². The molecule has 2 rings (SSSR count). The highest BCUT2D eigenvalue weighted by atomic mass is 16.5. The molecule has 2 amide bonds. The molecule has 0 saturated carbocycles. The second-order valence-electron chi connectivity index (χ2n) is 6.11. The number of nitrogens with zero attached hydrogens (tertiary/aromatic N) is 1. The first kappa shape index (κ1) is 18.4. The monoisotopic (exact) mass is 334 g/mol. The molecule has 2 atom stereocenters. The van der Waals surface area contributed by atoms with Crippen LogP contribution in [-0.2, 0) is 14.3 Å². The maximum Gasteiger partial charge on any atom is 0.248 e. The predicted octanol–water partition coefficient (Wildman–Crippen LogP) is 1.95. The number of hydrogen-bond donors (Lipinski definition) is 2. The number of hydrogen-bond acceptors (Lipinski definition) is 4. The van der Waals surface area contributed by atoms with Gasteiger partial charge < -0.3 is 20.1 Å². The van der Waals surface area contributed by atoms with Gasteiger partial charge in [0.1, 0.15) is 12.7 Å². The van der Waals surface area contributed by atoms with E-state index in [2.05, 4.69) is 5.32 Å². The molecule has 24 heavy (non-hydrogen) atoms. The molecule has 1 aromatic carbocycles. The van der Waals surface area contributed by atoms with Crippen LogP contribution in [0.25, 0.3) is 0 Å². The number of morpholine rings is 1. The summed E-state index contributed by atoms with van der Waals surface area (Å²) >= 11 is 0. The Morgan fingerprint density at radius 3 is 2.50 bits per heavy atom. The second kappa shape index (κ2) is 8.26. The van der Waals surface area contributed by atoms with Crippen LogP contribution in [0.4, 0.5) is 5.69 Å². The van der Waals surface area contributed by atoms with Gasteiger partial charge in [-0.3, -0.25) is 9.59 Å². The molecule has 1 heterocycles. The molecule has 6 nitrogen and oxygen atoms in total. The van der Waals surface area contributed by atoms with Crippen molar-refractivity contribution in [3.05, 3.63) is 29.8 Å². The number of aliphatic hydroxyl groups is 1. The summed E-state index contributed by atoms with van der Waals surface area (Å²) < 4.78 is 5.61. The normalized spacial score (nSPS) is 21.2. The summed E-state index contributed by atoms with van der Waals surface area (Å²) in [5.41, 5.74) is 1.60. The molecule has 0 aromatic heterocycles. The first-order valence-electron chi connectivity index (χ1n) is 8.40. The van der Waals surface area contributed by atoms with Gasteiger partial charge in [-0.05, 0) is 30.5 Å². The van der Waals surface area contributed by atoms with E-state index in [9.17, 15) is 14.7 Å². The van der Waals surface area contributed by atoms with Crippen LogP contribution in [0, 0.1) is 5.92 Å². The summed E-state index contributed by atoms with van der Waals surface area (Å²) in [5, 5.41) is 12.5. The molecule has 1 fully saturated rings. The molecule has 0 spiro atoms. The number of rotatable bonds is 6. The van der Waals surface area contributed by atoms with Crippen molar-refractivity contribution in [3.8, 4) is 0 Å². The van der Waals surface area contributed by atoms with E-state index in [1.807, 2.05) is 38.1 Å². The van der Waals surface area contributed by atoms with Gasteiger partial charge in [0.2, 0.25) is 11.8 Å². The fraction of sp³-hybridized carbons (Fsp3) is 0.556. The standard InChI is InChI=1S/C18H26N2O4/c1-4-12(5-2)18(23)19-14-8-6-13(7-9-14)17-15(10-21)20(3)16(22)11-24-17/h6-9,12,15,17,21H,4-5,10-11H2,1-3H3,(H,19,23)/t15-,17-/m1/s1. The lowest BCUT2D eigenvalue weighted by Gasteiger charge is -2.38. The number of carbonyl (C=O) groups is 2. The van der Waals surface area contributed by atoms with E-state index >= 15 is 0 Å². The summed E-state index contributed by atoms with van der Waals surface area (Å²) in [5.74, 6) is -0.0932. The number of amides is 2. The zero-order valence-electron chi connectivity index (χ0n) is 14.5. The fourth-order valence-corrected chi connectivity index (χ4v) is 2.96. The topological polar surface area (TPSA) is 78.9 Å². The van der Waals surface area contributed by atoms with Crippen molar-refractivity contribution in [3.63, 3.8) is 0 Å². The SMILES string of the molecule is CCC(CC)C(=O)Nc1ccc([C@H]2OCC(=O)N(C)[C@@H]2CO)cc1. The van der Waals surface area contributed by atoms with Crippen molar-refractivity contribution in [2.45, 2.75) is 38.8 Å². The highest BCUT2D eigenvalue weighted by molar-refractivity contribution is 5.92. The molecule has 132 valence electrons. The Morgan fingerprint density at radius 1 is 1.33 bits per heavy atom. The number of carbonyl (C=O) groups excluding carboxylic acids is 2. The van der Waals surface area contributed by atoms with Gasteiger partial charge in [-0.1, -0.05) is 26.0 Å². The predicted molar refractivity (Wildman–Crippen MR) is 91.5 cm³/mol.